The van der Waals surface area contributed by atoms with Gasteiger partial charge >= 0.3 is 0 Å². The van der Waals surface area contributed by atoms with Crippen LogP contribution < -0.4 is 5.73 Å². The normalized spacial score (nSPS) is 10.9. The first-order chi connectivity index (χ1) is 8.27. The Morgan fingerprint density at radius 1 is 1.18 bits per heavy atom. The van der Waals surface area contributed by atoms with Crippen LogP contribution in [0, 0.1) is 5.82 Å². The number of hydrogen-bond acceptors (Lipinski definition) is 4. The Balaban J connectivity index is 2.33. The maximum Gasteiger partial charge on any atom is 0.168 e. The smallest absolute Gasteiger partial charge is 0.168 e. The second kappa shape index (κ2) is 3.51. The lowest BCUT2D eigenvalue weighted by Gasteiger charge is -2.03. The van der Waals surface area contributed by atoms with E-state index in [9.17, 15) is 4.39 Å². The minimum Gasteiger partial charge on any atom is -0.383 e. The highest BCUT2D eigenvalue weighted by Crippen LogP contribution is 2.20. The van der Waals surface area contributed by atoms with Crippen molar-refractivity contribution >= 4 is 16.9 Å². The van der Waals surface area contributed by atoms with E-state index in [1.54, 1.807) is 18.2 Å². The van der Waals surface area contributed by atoms with E-state index in [0.717, 1.165) is 0 Å². The molecule has 0 atom stereocenters. The Hall–Kier alpha value is -2.50. The van der Waals surface area contributed by atoms with Gasteiger partial charge in [-0.1, -0.05) is 12.1 Å². The van der Waals surface area contributed by atoms with Crippen LogP contribution in [-0.4, -0.2) is 19.7 Å². The number of nitrogen functional groups attached to an aromatic ring is 1. The first-order valence-corrected chi connectivity index (χ1v) is 4.96. The van der Waals surface area contributed by atoms with Crippen molar-refractivity contribution in [2.24, 2.45) is 0 Å². The standard InChI is InChI=1S/C11H8FN5/c12-8-3-1-2-4-9(8)17-11-7(5-16-17)10(13)14-6-15-11/h1-6H,(H2,13,14,15). The number of fused-ring (bicyclic) bond motifs is 1. The van der Waals surface area contributed by atoms with Crippen LogP contribution in [0.15, 0.2) is 36.8 Å². The molecule has 84 valence electrons. The van der Waals surface area contributed by atoms with Crippen LogP contribution in [-0.2, 0) is 0 Å². The van der Waals surface area contributed by atoms with Gasteiger partial charge in [0.05, 0.1) is 11.6 Å². The third-order valence-corrected chi connectivity index (χ3v) is 2.48. The van der Waals surface area contributed by atoms with Crippen molar-refractivity contribution in [3.8, 4) is 5.69 Å². The van der Waals surface area contributed by atoms with Crippen LogP contribution in [0.1, 0.15) is 0 Å². The van der Waals surface area contributed by atoms with E-state index in [-0.39, 0.29) is 5.82 Å². The van der Waals surface area contributed by atoms with Crippen LogP contribution in [0.3, 0.4) is 0 Å². The summed E-state index contributed by atoms with van der Waals surface area (Å²) in [6, 6.07) is 6.35. The molecular formula is C11H8FN5. The Bertz CT molecular complexity index is 691. The van der Waals surface area contributed by atoms with E-state index in [0.29, 0.717) is 22.5 Å². The Morgan fingerprint density at radius 2 is 2.00 bits per heavy atom. The highest BCUT2D eigenvalue weighted by Gasteiger charge is 2.11. The van der Waals surface area contributed by atoms with E-state index < -0.39 is 0 Å². The first-order valence-electron chi connectivity index (χ1n) is 4.96. The Kier molecular flexibility index (Phi) is 2.01. The Morgan fingerprint density at radius 3 is 2.82 bits per heavy atom. The number of hydrogen-bond donors (Lipinski definition) is 1. The van der Waals surface area contributed by atoms with Gasteiger partial charge in [-0.3, -0.25) is 0 Å². The number of para-hydroxylation sites is 1. The van der Waals surface area contributed by atoms with E-state index >= 15 is 0 Å². The summed E-state index contributed by atoms with van der Waals surface area (Å²) in [7, 11) is 0. The average Bonchev–Trinajstić information content (AvgIpc) is 2.75. The van der Waals surface area contributed by atoms with Crippen LogP contribution in [0.4, 0.5) is 10.2 Å². The van der Waals surface area contributed by atoms with Crippen molar-refractivity contribution in [1.29, 1.82) is 0 Å². The summed E-state index contributed by atoms with van der Waals surface area (Å²) < 4.78 is 15.1. The lowest BCUT2D eigenvalue weighted by atomic mass is 10.3. The van der Waals surface area contributed by atoms with Gasteiger partial charge in [-0.15, -0.1) is 0 Å². The SMILES string of the molecule is Nc1ncnc2c1cnn2-c1ccccc1F. The van der Waals surface area contributed by atoms with Crippen molar-refractivity contribution in [2.75, 3.05) is 5.73 Å². The van der Waals surface area contributed by atoms with Crippen molar-refractivity contribution in [3.63, 3.8) is 0 Å². The predicted octanol–water partition coefficient (Wildman–Crippen LogP) is 1.54. The molecular weight excluding hydrogens is 221 g/mol. The van der Waals surface area contributed by atoms with Gasteiger partial charge in [0, 0.05) is 0 Å². The molecule has 0 aliphatic heterocycles. The summed E-state index contributed by atoms with van der Waals surface area (Å²) in [4.78, 5) is 7.92. The third-order valence-electron chi connectivity index (χ3n) is 2.48. The summed E-state index contributed by atoms with van der Waals surface area (Å²) in [5, 5.41) is 4.69. The zero-order valence-electron chi connectivity index (χ0n) is 8.71. The largest absolute Gasteiger partial charge is 0.383 e. The molecule has 2 aromatic heterocycles. The topological polar surface area (TPSA) is 69.6 Å². The summed E-state index contributed by atoms with van der Waals surface area (Å²) >= 11 is 0. The summed E-state index contributed by atoms with van der Waals surface area (Å²) in [6.07, 6.45) is 2.85. The zero-order valence-corrected chi connectivity index (χ0v) is 8.71. The molecule has 2 heterocycles. The lowest BCUT2D eigenvalue weighted by Crippen LogP contribution is -2.01. The molecule has 0 amide bonds. The van der Waals surface area contributed by atoms with Crippen LogP contribution in [0.5, 0.6) is 0 Å². The fraction of sp³-hybridized carbons (Fsp3) is 0. The summed E-state index contributed by atoms with van der Waals surface area (Å²) in [5.74, 6) is -0.0349. The second-order valence-corrected chi connectivity index (χ2v) is 3.50. The number of anilines is 1. The molecule has 2 N–H and O–H groups in total. The minimum atomic E-state index is -0.366. The number of aromatic nitrogens is 4. The molecule has 0 spiro atoms. The molecule has 17 heavy (non-hydrogen) atoms. The van der Waals surface area contributed by atoms with Crippen LogP contribution in [0.2, 0.25) is 0 Å². The molecule has 3 rings (SSSR count). The minimum absolute atomic E-state index is 0.331. The first kappa shape index (κ1) is 9.71. The van der Waals surface area contributed by atoms with Crippen LogP contribution in [0.25, 0.3) is 16.7 Å². The van der Waals surface area contributed by atoms with Gasteiger partial charge in [0.1, 0.15) is 23.6 Å². The van der Waals surface area contributed by atoms with E-state index in [1.807, 2.05) is 0 Å². The molecule has 0 saturated carbocycles. The molecule has 0 unspecified atom stereocenters. The number of nitrogens with two attached hydrogens (primary N) is 1. The molecule has 5 nitrogen and oxygen atoms in total. The average molecular weight is 229 g/mol. The molecule has 0 bridgehead atoms. The molecule has 0 radical (unpaired) electrons. The maximum atomic E-state index is 13.6. The fourth-order valence-corrected chi connectivity index (χ4v) is 1.66. The predicted molar refractivity (Wildman–Crippen MR) is 61.0 cm³/mol. The van der Waals surface area contributed by atoms with Crippen molar-refractivity contribution in [3.05, 3.63) is 42.6 Å². The van der Waals surface area contributed by atoms with Crippen LogP contribution >= 0.6 is 0 Å². The molecule has 3 aromatic rings. The molecule has 0 aliphatic carbocycles. The Labute approximate surface area is 95.7 Å². The van der Waals surface area contributed by atoms with Gasteiger partial charge in [-0.2, -0.15) is 5.10 Å². The monoisotopic (exact) mass is 229 g/mol. The number of rotatable bonds is 1. The number of benzene rings is 1. The zero-order chi connectivity index (χ0) is 11.8. The van der Waals surface area contributed by atoms with Gasteiger partial charge in [-0.05, 0) is 12.1 Å². The van der Waals surface area contributed by atoms with Gasteiger partial charge in [0.15, 0.2) is 5.65 Å². The highest BCUT2D eigenvalue weighted by molar-refractivity contribution is 5.85. The quantitative estimate of drug-likeness (QED) is 0.687. The van der Waals surface area contributed by atoms with Gasteiger partial charge in [0.2, 0.25) is 0 Å². The highest BCUT2D eigenvalue weighted by atomic mass is 19.1. The number of halogens is 1. The summed E-state index contributed by atoms with van der Waals surface area (Å²) in [5.41, 5.74) is 6.51. The fourth-order valence-electron chi connectivity index (χ4n) is 1.66. The van der Waals surface area contributed by atoms with Gasteiger partial charge in [-0.25, -0.2) is 19.0 Å². The van der Waals surface area contributed by atoms with Crippen molar-refractivity contribution in [1.82, 2.24) is 19.7 Å². The molecule has 0 aliphatic rings. The van der Waals surface area contributed by atoms with Crippen molar-refractivity contribution in [2.45, 2.75) is 0 Å². The molecule has 6 heteroatoms. The maximum absolute atomic E-state index is 13.6. The number of nitrogens with zero attached hydrogens (tertiary/aromatic N) is 4. The molecule has 1 aromatic carbocycles. The van der Waals surface area contributed by atoms with Gasteiger partial charge in [0.25, 0.3) is 0 Å². The summed E-state index contributed by atoms with van der Waals surface area (Å²) in [6.45, 7) is 0. The lowest BCUT2D eigenvalue weighted by molar-refractivity contribution is 0.612. The molecule has 0 fully saturated rings. The third kappa shape index (κ3) is 1.42. The van der Waals surface area contributed by atoms with Crippen molar-refractivity contribution < 1.29 is 4.39 Å². The van der Waals surface area contributed by atoms with E-state index in [1.165, 1.54) is 23.3 Å². The van der Waals surface area contributed by atoms with E-state index in [4.69, 9.17) is 5.73 Å². The second-order valence-electron chi connectivity index (χ2n) is 3.50. The molecule has 0 saturated heterocycles. The van der Waals surface area contributed by atoms with Gasteiger partial charge < -0.3 is 5.73 Å². The van der Waals surface area contributed by atoms with E-state index in [2.05, 4.69) is 15.1 Å².